The van der Waals surface area contributed by atoms with Crippen LogP contribution in [0.1, 0.15) is 16.7 Å². The number of anilines is 1. The van der Waals surface area contributed by atoms with Gasteiger partial charge in [-0.3, -0.25) is 0 Å². The number of rotatable bonds is 6. The predicted octanol–water partition coefficient (Wildman–Crippen LogP) is 2.97. The molecule has 2 aromatic carbocycles. The fourth-order valence-corrected chi connectivity index (χ4v) is 4.96. The Balaban J connectivity index is 1.88. The van der Waals surface area contributed by atoms with Crippen LogP contribution in [0.3, 0.4) is 0 Å². The van der Waals surface area contributed by atoms with E-state index in [1.807, 2.05) is 38.1 Å². The molecule has 7 heteroatoms. The van der Waals surface area contributed by atoms with Crippen LogP contribution < -0.4 is 9.64 Å². The topological polar surface area (TPSA) is 59.1 Å². The summed E-state index contributed by atoms with van der Waals surface area (Å²) in [6.07, 6.45) is 0. The van der Waals surface area contributed by atoms with E-state index in [2.05, 4.69) is 4.90 Å². The number of sulfonamides is 1. The van der Waals surface area contributed by atoms with Crippen LogP contribution in [-0.2, 0) is 21.3 Å². The largest absolute Gasteiger partial charge is 0.496 e. The highest BCUT2D eigenvalue weighted by molar-refractivity contribution is 7.89. The maximum Gasteiger partial charge on any atom is 0.243 e. The number of morpholine rings is 1. The maximum atomic E-state index is 13.2. The van der Waals surface area contributed by atoms with E-state index in [4.69, 9.17) is 9.47 Å². The molecule has 1 saturated heterocycles. The van der Waals surface area contributed by atoms with Gasteiger partial charge in [-0.25, -0.2) is 8.42 Å². The quantitative estimate of drug-likeness (QED) is 0.741. The zero-order valence-electron chi connectivity index (χ0n) is 16.9. The molecule has 3 rings (SSSR count). The summed E-state index contributed by atoms with van der Waals surface area (Å²) >= 11 is 0. The van der Waals surface area contributed by atoms with Crippen LogP contribution in [0.2, 0.25) is 0 Å². The maximum absolute atomic E-state index is 13.2. The minimum Gasteiger partial charge on any atom is -0.496 e. The summed E-state index contributed by atoms with van der Waals surface area (Å²) in [5.41, 5.74) is 3.67. The summed E-state index contributed by atoms with van der Waals surface area (Å²) in [6, 6.07) is 11.3. The average molecular weight is 405 g/mol. The fraction of sp³-hybridized carbons (Fsp3) is 0.429. The highest BCUT2D eigenvalue weighted by Gasteiger charge is 2.24. The van der Waals surface area contributed by atoms with Crippen LogP contribution in [0, 0.1) is 13.8 Å². The Bertz CT molecular complexity index is 914. The molecule has 0 aliphatic carbocycles. The number of hydrogen-bond acceptors (Lipinski definition) is 5. The molecule has 0 N–H and O–H groups in total. The first-order valence-electron chi connectivity index (χ1n) is 9.36. The molecule has 1 heterocycles. The lowest BCUT2D eigenvalue weighted by Gasteiger charge is -2.31. The Morgan fingerprint density at radius 3 is 2.32 bits per heavy atom. The normalized spacial score (nSPS) is 15.1. The van der Waals surface area contributed by atoms with Crippen molar-refractivity contribution in [3.05, 3.63) is 53.1 Å². The number of para-hydroxylation sites is 1. The van der Waals surface area contributed by atoms with E-state index in [0.29, 0.717) is 19.8 Å². The zero-order chi connectivity index (χ0) is 20.3. The van der Waals surface area contributed by atoms with Gasteiger partial charge in [0.05, 0.1) is 25.2 Å². The first-order valence-corrected chi connectivity index (χ1v) is 10.8. The third-order valence-corrected chi connectivity index (χ3v) is 6.86. The monoisotopic (exact) mass is 404 g/mol. The van der Waals surface area contributed by atoms with Gasteiger partial charge in [-0.2, -0.15) is 4.31 Å². The Morgan fingerprint density at radius 2 is 1.71 bits per heavy atom. The molecule has 0 atom stereocenters. The Labute approximate surface area is 167 Å². The highest BCUT2D eigenvalue weighted by Crippen LogP contribution is 2.29. The van der Waals surface area contributed by atoms with E-state index in [9.17, 15) is 8.42 Å². The lowest BCUT2D eigenvalue weighted by Crippen LogP contribution is -2.37. The Hall–Kier alpha value is -2.09. The molecule has 1 aliphatic rings. The van der Waals surface area contributed by atoms with Crippen molar-refractivity contribution in [1.29, 1.82) is 0 Å². The molecule has 0 aromatic heterocycles. The van der Waals surface area contributed by atoms with Crippen molar-refractivity contribution in [2.45, 2.75) is 25.3 Å². The molecule has 0 spiro atoms. The fourth-order valence-electron chi connectivity index (χ4n) is 3.64. The second kappa shape index (κ2) is 8.51. The summed E-state index contributed by atoms with van der Waals surface area (Å²) in [5, 5.41) is 0. The van der Waals surface area contributed by atoms with E-state index < -0.39 is 10.0 Å². The van der Waals surface area contributed by atoms with Gasteiger partial charge in [0, 0.05) is 32.4 Å². The van der Waals surface area contributed by atoms with E-state index in [-0.39, 0.29) is 4.90 Å². The number of hydrogen-bond donors (Lipinski definition) is 0. The number of methoxy groups -OCH3 is 1. The highest BCUT2D eigenvalue weighted by atomic mass is 32.2. The number of nitrogens with zero attached hydrogens (tertiary/aromatic N) is 2. The molecular weight excluding hydrogens is 376 g/mol. The summed E-state index contributed by atoms with van der Waals surface area (Å²) in [6.45, 7) is 7.02. The average Bonchev–Trinajstić information content (AvgIpc) is 2.68. The molecule has 1 aliphatic heterocycles. The Kier molecular flexibility index (Phi) is 6.27. The van der Waals surface area contributed by atoms with Crippen molar-refractivity contribution in [1.82, 2.24) is 4.31 Å². The van der Waals surface area contributed by atoms with Crippen LogP contribution in [0.5, 0.6) is 5.75 Å². The van der Waals surface area contributed by atoms with E-state index >= 15 is 0 Å². The van der Waals surface area contributed by atoms with Crippen LogP contribution >= 0.6 is 0 Å². The van der Waals surface area contributed by atoms with Crippen molar-refractivity contribution in [2.24, 2.45) is 0 Å². The van der Waals surface area contributed by atoms with Crippen molar-refractivity contribution >= 4 is 15.7 Å². The summed E-state index contributed by atoms with van der Waals surface area (Å²) < 4.78 is 38.6. The molecule has 0 bridgehead atoms. The molecule has 2 aromatic rings. The van der Waals surface area contributed by atoms with Gasteiger partial charge in [-0.05, 0) is 48.7 Å². The number of ether oxygens (including phenoxy) is 2. The van der Waals surface area contributed by atoms with Crippen LogP contribution in [0.4, 0.5) is 5.69 Å². The standard InChI is InChI=1S/C21H28N2O4S/c1-16-13-19(14-17(2)21(16)26-4)28(24,25)22(3)15-18-7-5-6-8-20(18)23-9-11-27-12-10-23/h5-8,13-14H,9-12,15H2,1-4H3. The molecule has 0 amide bonds. The molecule has 0 unspecified atom stereocenters. The molecule has 6 nitrogen and oxygen atoms in total. The van der Waals surface area contributed by atoms with Crippen molar-refractivity contribution in [3.8, 4) is 5.75 Å². The van der Waals surface area contributed by atoms with Crippen molar-refractivity contribution < 1.29 is 17.9 Å². The van der Waals surface area contributed by atoms with Gasteiger partial charge in [-0.15, -0.1) is 0 Å². The smallest absolute Gasteiger partial charge is 0.243 e. The van der Waals surface area contributed by atoms with Gasteiger partial charge in [-0.1, -0.05) is 18.2 Å². The molecule has 28 heavy (non-hydrogen) atoms. The minimum absolute atomic E-state index is 0.287. The molecular formula is C21H28N2O4S. The second-order valence-electron chi connectivity index (χ2n) is 7.08. The molecule has 0 radical (unpaired) electrons. The molecule has 0 saturated carbocycles. The summed E-state index contributed by atoms with van der Waals surface area (Å²) in [5.74, 6) is 0.722. The van der Waals surface area contributed by atoms with Crippen molar-refractivity contribution in [2.75, 3.05) is 45.4 Å². The van der Waals surface area contributed by atoms with Gasteiger partial charge < -0.3 is 14.4 Å². The van der Waals surface area contributed by atoms with E-state index in [1.54, 1.807) is 26.3 Å². The molecule has 152 valence electrons. The Morgan fingerprint density at radius 1 is 1.11 bits per heavy atom. The van der Waals surface area contributed by atoms with Crippen molar-refractivity contribution in [3.63, 3.8) is 0 Å². The van der Waals surface area contributed by atoms with Crippen LogP contribution in [-0.4, -0.2) is 53.2 Å². The lowest BCUT2D eigenvalue weighted by molar-refractivity contribution is 0.122. The van der Waals surface area contributed by atoms with E-state index in [0.717, 1.165) is 41.2 Å². The minimum atomic E-state index is -3.62. The molecule has 1 fully saturated rings. The summed E-state index contributed by atoms with van der Waals surface area (Å²) in [7, 11) is -0.399. The lowest BCUT2D eigenvalue weighted by atomic mass is 10.1. The van der Waals surface area contributed by atoms with Gasteiger partial charge in [0.25, 0.3) is 0 Å². The summed E-state index contributed by atoms with van der Waals surface area (Å²) in [4.78, 5) is 2.54. The van der Waals surface area contributed by atoms with Gasteiger partial charge >= 0.3 is 0 Å². The SMILES string of the molecule is COc1c(C)cc(S(=O)(=O)N(C)Cc2ccccc2N2CCOCC2)cc1C. The van der Waals surface area contributed by atoms with E-state index in [1.165, 1.54) is 4.31 Å². The predicted molar refractivity (Wildman–Crippen MR) is 111 cm³/mol. The first-order chi connectivity index (χ1) is 13.3. The van der Waals surface area contributed by atoms with Crippen LogP contribution in [0.15, 0.2) is 41.3 Å². The first kappa shape index (κ1) is 20.6. The number of benzene rings is 2. The number of aryl methyl sites for hydroxylation is 2. The van der Waals surface area contributed by atoms with Gasteiger partial charge in [0.2, 0.25) is 10.0 Å². The van der Waals surface area contributed by atoms with Crippen LogP contribution in [0.25, 0.3) is 0 Å². The van der Waals surface area contributed by atoms with Gasteiger partial charge in [0.15, 0.2) is 0 Å². The van der Waals surface area contributed by atoms with Gasteiger partial charge in [0.1, 0.15) is 5.75 Å². The third kappa shape index (κ3) is 4.16. The third-order valence-electron chi connectivity index (χ3n) is 5.08. The zero-order valence-corrected chi connectivity index (χ0v) is 17.8. The second-order valence-corrected chi connectivity index (χ2v) is 9.12.